The Morgan fingerprint density at radius 2 is 1.90 bits per heavy atom. The average molecular weight is 702 g/mol. The number of quaternary nitrogens is 1. The Bertz CT molecular complexity index is 1370. The second-order valence-corrected chi connectivity index (χ2v) is 14.5. The zero-order valence-electron chi connectivity index (χ0n) is 24.5. The number of rotatable bonds is 8. The Balaban J connectivity index is 2.08. The number of pyridine rings is 1. The number of benzene rings is 1. The summed E-state index contributed by atoms with van der Waals surface area (Å²) in [6, 6.07) is 2.83. The van der Waals surface area contributed by atoms with E-state index in [-0.39, 0.29) is 56.8 Å². The number of hydrogen-bond donors (Lipinski definition) is 1. The predicted molar refractivity (Wildman–Crippen MR) is 139 cm³/mol. The van der Waals surface area contributed by atoms with E-state index in [9.17, 15) is 31.5 Å². The summed E-state index contributed by atoms with van der Waals surface area (Å²) in [6.45, 7) is 5.64. The molecule has 5 atom stereocenters. The molecule has 7 nitrogen and oxygen atoms in total. The van der Waals surface area contributed by atoms with Gasteiger partial charge in [-0.25, -0.2) is 4.39 Å². The van der Waals surface area contributed by atoms with E-state index < -0.39 is 52.5 Å². The standard InChI is InChI=1S/C28H37F5IN3O4/c1-14-22(17-10-11-19(29)23(30)24(17)40-9)25(41-27(14,4)28(31,32)33)20-12-21(38)18(15(2)35-20)13-36(6)26(39)16(3)37(7,8)34-5/h10-12,14,16,22,25H,13H2,1-9H3,(H,35,38)/t14-,16-,22-,25-,27+/m0/s1. The van der Waals surface area contributed by atoms with Gasteiger partial charge in [0.2, 0.25) is 5.82 Å². The summed E-state index contributed by atoms with van der Waals surface area (Å²) in [5, 5.41) is 0. The molecule has 1 aliphatic heterocycles. The van der Waals surface area contributed by atoms with Crippen LogP contribution in [0, 0.1) is 24.5 Å². The number of halogens is 6. The van der Waals surface area contributed by atoms with Crippen LogP contribution < -0.4 is 31.6 Å². The van der Waals surface area contributed by atoms with E-state index in [1.54, 1.807) is 14.0 Å². The molecule has 0 saturated carbocycles. The monoisotopic (exact) mass is 701 g/mol. The number of aryl methyl sites for hydroxylation is 1. The van der Waals surface area contributed by atoms with Crippen LogP contribution in [0.2, 0.25) is 0 Å². The average Bonchev–Trinajstić information content (AvgIpc) is 3.17. The van der Waals surface area contributed by atoms with Gasteiger partial charge in [-0.05, 0) is 13.0 Å². The molecule has 1 amide bonds. The van der Waals surface area contributed by atoms with Crippen LogP contribution in [0.3, 0.4) is 0 Å². The second kappa shape index (κ2) is 11.8. The van der Waals surface area contributed by atoms with Crippen molar-refractivity contribution in [2.75, 3.05) is 33.2 Å². The van der Waals surface area contributed by atoms with Crippen LogP contribution in [0.5, 0.6) is 5.75 Å². The number of hydrogen-bond acceptors (Lipinski definition) is 4. The van der Waals surface area contributed by atoms with Crippen molar-refractivity contribution >= 4 is 5.91 Å². The molecule has 1 fully saturated rings. The zero-order valence-corrected chi connectivity index (χ0v) is 26.7. The van der Waals surface area contributed by atoms with Crippen LogP contribution in [0.1, 0.15) is 55.3 Å². The number of alkyl halides is 4. The molecule has 230 valence electrons. The van der Waals surface area contributed by atoms with Crippen molar-refractivity contribution in [2.45, 2.75) is 64.1 Å². The molecule has 0 spiro atoms. The number of ether oxygens (including phenoxy) is 2. The molecule has 1 N–H and O–H groups in total. The number of nitrogens with one attached hydrogen (secondary N) is 1. The third-order valence-electron chi connectivity index (χ3n) is 8.47. The normalized spacial score (nSPS) is 24.0. The maximum absolute atomic E-state index is 14.7. The molecule has 1 aliphatic rings. The molecule has 13 heteroatoms. The number of likely N-dealkylation sites (N-methyl/N-ethyl adjacent to an activating group) is 2. The molecule has 2 aromatic rings. The van der Waals surface area contributed by atoms with Crippen LogP contribution in [0.4, 0.5) is 22.0 Å². The van der Waals surface area contributed by atoms with Gasteiger partial charge in [0.15, 0.2) is 11.6 Å². The van der Waals surface area contributed by atoms with Gasteiger partial charge >= 0.3 is 171 Å². The first-order valence-electron chi connectivity index (χ1n) is 12.9. The van der Waals surface area contributed by atoms with Crippen LogP contribution in [-0.4, -0.2) is 69.5 Å². The van der Waals surface area contributed by atoms with E-state index in [1.807, 2.05) is 21.0 Å². The van der Waals surface area contributed by atoms with Gasteiger partial charge in [-0.1, -0.05) is 13.0 Å². The molecule has 0 aliphatic carbocycles. The molecular weight excluding hydrogens is 664 g/mol. The first kappa shape index (κ1) is 33.2. The minimum Gasteiger partial charge on any atom is -0.204 e. The van der Waals surface area contributed by atoms with E-state index in [2.05, 4.69) is 9.91 Å². The Labute approximate surface area is 247 Å². The van der Waals surface area contributed by atoms with Crippen molar-refractivity contribution in [1.82, 2.24) is 9.88 Å². The first-order valence-corrected chi connectivity index (χ1v) is 16.0. The molecule has 1 aromatic heterocycles. The zero-order chi connectivity index (χ0) is 31.2. The van der Waals surface area contributed by atoms with E-state index >= 15 is 0 Å². The van der Waals surface area contributed by atoms with E-state index in [0.717, 1.165) is 26.2 Å². The van der Waals surface area contributed by atoms with Crippen molar-refractivity contribution in [3.05, 3.63) is 62.6 Å². The number of carbonyl (C=O) groups is 1. The molecule has 2 heterocycles. The minimum absolute atomic E-state index is 0.00469. The van der Waals surface area contributed by atoms with Crippen molar-refractivity contribution in [3.63, 3.8) is 0 Å². The summed E-state index contributed by atoms with van der Waals surface area (Å²) in [5.74, 6) is -5.64. The molecule has 3 rings (SSSR count). The predicted octanol–water partition coefficient (Wildman–Crippen LogP) is 1.84. The fraction of sp³-hybridized carbons (Fsp3) is 0.571. The number of methoxy groups -OCH3 is 1. The summed E-state index contributed by atoms with van der Waals surface area (Å²) in [6.07, 6.45) is -6.19. The number of aromatic nitrogens is 1. The summed E-state index contributed by atoms with van der Waals surface area (Å²) < 4.78 is 82.9. The third-order valence-corrected chi connectivity index (χ3v) is 11.8. The van der Waals surface area contributed by atoms with Gasteiger partial charge in [0, 0.05) is 0 Å². The van der Waals surface area contributed by atoms with Gasteiger partial charge < -0.3 is 4.74 Å². The van der Waals surface area contributed by atoms with Crippen LogP contribution in [-0.2, 0) is 16.1 Å². The number of carbonyl (C=O) groups excluding carboxylic acids is 1. The molecule has 0 bridgehead atoms. The van der Waals surface area contributed by atoms with Gasteiger partial charge in [0.25, 0.3) is 0 Å². The summed E-state index contributed by atoms with van der Waals surface area (Å²) in [4.78, 5) is 33.0. The Hall–Kier alpha value is -2.26. The smallest absolute Gasteiger partial charge is 0.204 e. The fourth-order valence-corrected chi connectivity index (χ4v) is 6.29. The van der Waals surface area contributed by atoms with Crippen molar-refractivity contribution < 1.29 is 60.4 Å². The van der Waals surface area contributed by atoms with E-state index in [1.165, 1.54) is 17.9 Å². The number of amides is 1. The Kier molecular flexibility index (Phi) is 9.56. The van der Waals surface area contributed by atoms with Gasteiger partial charge in [0.05, 0.1) is 7.11 Å². The molecule has 1 aromatic carbocycles. The van der Waals surface area contributed by atoms with Crippen molar-refractivity contribution in [3.8, 4) is 5.75 Å². The summed E-state index contributed by atoms with van der Waals surface area (Å²) in [7, 11) is 6.65. The van der Waals surface area contributed by atoms with E-state index in [0.29, 0.717) is 8.39 Å². The summed E-state index contributed by atoms with van der Waals surface area (Å²) >= 11 is -0.299. The van der Waals surface area contributed by atoms with Crippen molar-refractivity contribution in [1.29, 1.82) is 0 Å². The van der Waals surface area contributed by atoms with Crippen LogP contribution >= 0.6 is 0 Å². The Morgan fingerprint density at radius 1 is 1.29 bits per heavy atom. The topological polar surface area (TPSA) is 71.6 Å². The maximum atomic E-state index is 14.7. The van der Waals surface area contributed by atoms with E-state index in [4.69, 9.17) is 9.47 Å². The molecule has 1 saturated heterocycles. The summed E-state index contributed by atoms with van der Waals surface area (Å²) in [5.41, 5.74) is -2.50. The Morgan fingerprint density at radius 3 is 2.41 bits per heavy atom. The minimum atomic E-state index is -4.81. The fourth-order valence-electron chi connectivity index (χ4n) is 5.21. The molecule has 0 radical (unpaired) electrons. The van der Waals surface area contributed by atoms with Crippen LogP contribution in [0.25, 0.3) is 0 Å². The van der Waals surface area contributed by atoms with Crippen LogP contribution in [0.15, 0.2) is 23.0 Å². The van der Waals surface area contributed by atoms with Gasteiger partial charge in [-0.2, -0.15) is 17.6 Å². The SMILES string of the molecule is COc1c([C@H]2[C@H](c3cc(=O)c(CN(C)C(=O)[C@H](C)[N+](C)(C)[I-]C)c(C)[nH]3)O[C@@](C)(C(F)(F)F)[C@H]2C)ccc(F)c1F. The number of nitrogens with zero attached hydrogens (tertiary/aromatic N) is 2. The number of H-pyrrole nitrogens is 1. The third kappa shape index (κ3) is 5.99. The van der Waals surface area contributed by atoms with Gasteiger partial charge in [0.1, 0.15) is 0 Å². The first-order chi connectivity index (χ1) is 18.8. The van der Waals surface area contributed by atoms with Gasteiger partial charge in [-0.3, -0.25) is 0 Å². The second-order valence-electron chi connectivity index (χ2n) is 11.1. The van der Waals surface area contributed by atoms with Crippen molar-refractivity contribution in [2.24, 2.45) is 5.92 Å². The molecular formula is C28H37F5IN3O4. The molecule has 41 heavy (non-hydrogen) atoms. The molecule has 0 unspecified atom stereocenters. The number of aromatic amines is 1. The quantitative estimate of drug-likeness (QED) is 0.198. The van der Waals surface area contributed by atoms with Gasteiger partial charge in [-0.15, -0.1) is 0 Å².